The zero-order valence-electron chi connectivity index (χ0n) is 16.9. The number of thiazole rings is 1. The second-order valence-electron chi connectivity index (χ2n) is 7.60. The van der Waals surface area contributed by atoms with Crippen LogP contribution < -0.4 is 10.2 Å². The van der Waals surface area contributed by atoms with Crippen molar-refractivity contribution in [3.63, 3.8) is 0 Å². The number of carbonyl (C=O) groups excluding carboxylic acids is 3. The molecule has 10 heteroatoms. The number of nitrogens with zero attached hydrogens (tertiary/aromatic N) is 3. The van der Waals surface area contributed by atoms with Crippen LogP contribution in [0.2, 0.25) is 5.02 Å². The Morgan fingerprint density at radius 2 is 1.94 bits per heavy atom. The molecule has 1 N–H and O–H groups in total. The van der Waals surface area contributed by atoms with Crippen molar-refractivity contribution >= 4 is 73.5 Å². The minimum absolute atomic E-state index is 0.180. The monoisotopic (exact) mass is 486 g/mol. The van der Waals surface area contributed by atoms with Crippen molar-refractivity contribution in [3.05, 3.63) is 47.5 Å². The fourth-order valence-electron chi connectivity index (χ4n) is 3.89. The number of hydrogen-bond acceptors (Lipinski definition) is 6. The van der Waals surface area contributed by atoms with E-state index in [4.69, 9.17) is 11.6 Å². The van der Waals surface area contributed by atoms with Crippen LogP contribution in [0.1, 0.15) is 12.8 Å². The van der Waals surface area contributed by atoms with Gasteiger partial charge in [-0.3, -0.25) is 14.4 Å². The lowest BCUT2D eigenvalue weighted by Crippen LogP contribution is -2.51. The summed E-state index contributed by atoms with van der Waals surface area (Å²) in [6, 6.07) is 12.7. The van der Waals surface area contributed by atoms with Gasteiger partial charge in [-0.15, -0.1) is 11.8 Å². The van der Waals surface area contributed by atoms with E-state index in [1.54, 1.807) is 29.2 Å². The molecule has 1 atom stereocenters. The highest BCUT2D eigenvalue weighted by molar-refractivity contribution is 8.01. The molecule has 0 bridgehead atoms. The van der Waals surface area contributed by atoms with E-state index in [9.17, 15) is 14.4 Å². The lowest BCUT2D eigenvalue weighted by Gasteiger charge is -2.34. The fourth-order valence-corrected chi connectivity index (χ4v) is 6.24. The molecule has 0 aliphatic carbocycles. The summed E-state index contributed by atoms with van der Waals surface area (Å²) >= 11 is 8.60. The molecule has 3 heterocycles. The van der Waals surface area contributed by atoms with Crippen molar-refractivity contribution in [1.29, 1.82) is 0 Å². The van der Waals surface area contributed by atoms with Crippen molar-refractivity contribution in [2.24, 2.45) is 0 Å². The van der Waals surface area contributed by atoms with Crippen LogP contribution in [0.3, 0.4) is 0 Å². The second-order valence-corrected chi connectivity index (χ2v) is 10.2. The number of fused-ring (bicyclic) bond motifs is 2. The van der Waals surface area contributed by atoms with Gasteiger partial charge in [-0.1, -0.05) is 35.1 Å². The first kappa shape index (κ1) is 21.2. The smallest absolute Gasteiger partial charge is 0.250 e. The van der Waals surface area contributed by atoms with Crippen LogP contribution in [0.4, 0.5) is 10.8 Å². The Morgan fingerprint density at radius 1 is 1.16 bits per heavy atom. The first-order chi connectivity index (χ1) is 15.5. The first-order valence-electron chi connectivity index (χ1n) is 10.2. The Balaban J connectivity index is 1.37. The third kappa shape index (κ3) is 4.07. The zero-order chi connectivity index (χ0) is 22.2. The standard InChI is InChI=1S/C22H19ClN4O3S2/c23-13-7-8-14-17(11-13)32-22(24-14)25-18(28)12-27-15-5-1-2-6-16(15)31-19(21(27)30)20(29)26-9-3-4-10-26/h1-2,5-8,11,19H,3-4,9-10,12H2,(H,24,25,28)/t19-/m0/s1. The molecule has 32 heavy (non-hydrogen) atoms. The molecule has 1 saturated heterocycles. The number of aromatic nitrogens is 1. The van der Waals surface area contributed by atoms with Gasteiger partial charge in [0.05, 0.1) is 15.9 Å². The first-order valence-corrected chi connectivity index (χ1v) is 12.3. The molecule has 1 fully saturated rings. The number of likely N-dealkylation sites (tertiary alicyclic amines) is 1. The molecule has 2 aromatic carbocycles. The number of halogens is 1. The Morgan fingerprint density at radius 3 is 2.75 bits per heavy atom. The number of carbonyl (C=O) groups is 3. The maximum atomic E-state index is 13.3. The predicted molar refractivity (Wildman–Crippen MR) is 128 cm³/mol. The average molecular weight is 487 g/mol. The molecule has 1 aromatic heterocycles. The van der Waals surface area contributed by atoms with Gasteiger partial charge in [-0.2, -0.15) is 0 Å². The summed E-state index contributed by atoms with van der Waals surface area (Å²) in [4.78, 5) is 47.5. The van der Waals surface area contributed by atoms with E-state index in [1.165, 1.54) is 28.0 Å². The number of hydrogen-bond donors (Lipinski definition) is 1. The quantitative estimate of drug-likeness (QED) is 0.563. The maximum absolute atomic E-state index is 13.3. The summed E-state index contributed by atoms with van der Waals surface area (Å²) in [6.07, 6.45) is 1.90. The van der Waals surface area contributed by atoms with Crippen LogP contribution in [-0.4, -0.2) is 52.5 Å². The van der Waals surface area contributed by atoms with Crippen LogP contribution in [0.5, 0.6) is 0 Å². The van der Waals surface area contributed by atoms with E-state index >= 15 is 0 Å². The van der Waals surface area contributed by atoms with E-state index in [0.717, 1.165) is 28.0 Å². The van der Waals surface area contributed by atoms with E-state index in [-0.39, 0.29) is 24.3 Å². The predicted octanol–water partition coefficient (Wildman–Crippen LogP) is 4.02. The molecule has 7 nitrogen and oxygen atoms in total. The van der Waals surface area contributed by atoms with Crippen LogP contribution in [0, 0.1) is 0 Å². The summed E-state index contributed by atoms with van der Waals surface area (Å²) in [5.74, 6) is -0.921. The van der Waals surface area contributed by atoms with Gasteiger partial charge >= 0.3 is 0 Å². The van der Waals surface area contributed by atoms with E-state index in [2.05, 4.69) is 10.3 Å². The summed E-state index contributed by atoms with van der Waals surface area (Å²) in [7, 11) is 0. The van der Waals surface area contributed by atoms with Gasteiger partial charge < -0.3 is 15.1 Å². The van der Waals surface area contributed by atoms with Crippen LogP contribution in [0.25, 0.3) is 10.2 Å². The maximum Gasteiger partial charge on any atom is 0.250 e. The van der Waals surface area contributed by atoms with Crippen LogP contribution in [0.15, 0.2) is 47.4 Å². The molecule has 5 rings (SSSR count). The largest absolute Gasteiger partial charge is 0.341 e. The number of amides is 3. The molecule has 0 unspecified atom stereocenters. The molecule has 2 aliphatic heterocycles. The Bertz CT molecular complexity index is 1220. The number of benzene rings is 2. The van der Waals surface area contributed by atoms with Gasteiger partial charge in [0, 0.05) is 23.0 Å². The summed E-state index contributed by atoms with van der Waals surface area (Å²) in [6.45, 7) is 1.15. The topological polar surface area (TPSA) is 82.6 Å². The molecule has 0 radical (unpaired) electrons. The minimum Gasteiger partial charge on any atom is -0.341 e. The minimum atomic E-state index is -0.875. The van der Waals surface area contributed by atoms with E-state index < -0.39 is 5.25 Å². The van der Waals surface area contributed by atoms with Crippen molar-refractivity contribution in [3.8, 4) is 0 Å². The second kappa shape index (κ2) is 8.73. The van der Waals surface area contributed by atoms with E-state index in [1.807, 2.05) is 18.2 Å². The highest BCUT2D eigenvalue weighted by atomic mass is 35.5. The normalized spacial score (nSPS) is 18.2. The van der Waals surface area contributed by atoms with Crippen molar-refractivity contribution in [2.75, 3.05) is 29.9 Å². The highest BCUT2D eigenvalue weighted by Gasteiger charge is 2.41. The van der Waals surface area contributed by atoms with Crippen molar-refractivity contribution < 1.29 is 14.4 Å². The molecular formula is C22H19ClN4O3S2. The number of nitrogens with one attached hydrogen (secondary N) is 1. The number of thioether (sulfide) groups is 1. The fraction of sp³-hybridized carbons (Fsp3) is 0.273. The summed E-state index contributed by atoms with van der Waals surface area (Å²) in [5.41, 5.74) is 1.38. The average Bonchev–Trinajstić information content (AvgIpc) is 3.44. The number of rotatable bonds is 4. The lowest BCUT2D eigenvalue weighted by molar-refractivity contribution is -0.134. The van der Waals surface area contributed by atoms with Crippen LogP contribution in [-0.2, 0) is 14.4 Å². The van der Waals surface area contributed by atoms with Gasteiger partial charge in [-0.05, 0) is 43.2 Å². The SMILES string of the molecule is O=C(CN1C(=O)[C@H](C(=O)N2CCCC2)Sc2ccccc21)Nc1nc2ccc(Cl)cc2s1. The molecular weight excluding hydrogens is 468 g/mol. The van der Waals surface area contributed by atoms with Crippen molar-refractivity contribution in [1.82, 2.24) is 9.88 Å². The van der Waals surface area contributed by atoms with Crippen LogP contribution >= 0.6 is 34.7 Å². The lowest BCUT2D eigenvalue weighted by atomic mass is 10.2. The number of anilines is 2. The van der Waals surface area contributed by atoms with Gasteiger partial charge in [0.25, 0.3) is 5.91 Å². The summed E-state index contributed by atoms with van der Waals surface area (Å²) < 4.78 is 0.861. The number of para-hydroxylation sites is 1. The molecule has 0 saturated carbocycles. The van der Waals surface area contributed by atoms with Gasteiger partial charge in [0.1, 0.15) is 6.54 Å². The van der Waals surface area contributed by atoms with Gasteiger partial charge in [-0.25, -0.2) is 4.98 Å². The Hall–Kier alpha value is -2.62. The third-order valence-electron chi connectivity index (χ3n) is 5.43. The van der Waals surface area contributed by atoms with Gasteiger partial charge in [0.15, 0.2) is 10.4 Å². The Labute approximate surface area is 197 Å². The molecule has 164 valence electrons. The van der Waals surface area contributed by atoms with Gasteiger partial charge in [0.2, 0.25) is 11.8 Å². The molecule has 0 spiro atoms. The molecule has 3 aromatic rings. The van der Waals surface area contributed by atoms with E-state index in [0.29, 0.717) is 28.9 Å². The highest BCUT2D eigenvalue weighted by Crippen LogP contribution is 2.40. The third-order valence-corrected chi connectivity index (χ3v) is 7.84. The molecule has 2 aliphatic rings. The van der Waals surface area contributed by atoms with Crippen molar-refractivity contribution in [2.45, 2.75) is 23.0 Å². The summed E-state index contributed by atoms with van der Waals surface area (Å²) in [5, 5.41) is 2.94. The zero-order valence-corrected chi connectivity index (χ0v) is 19.3. The molecule has 3 amide bonds. The Kier molecular flexibility index (Phi) is 5.79.